The standard InChI is InChI=1S/C32H53NO2/c1-3-5-7-9-11-26-13-15-27(16-14-26)17-18-28-19-21-29(22-20-28)32(34)35-31-24-23-30(33-25-31)12-10-8-6-4-2/h23-29H,3-22H2,1-2H3. The Balaban J connectivity index is 1.26. The monoisotopic (exact) mass is 483 g/mol. The van der Waals surface area contributed by atoms with Crippen molar-refractivity contribution in [2.75, 3.05) is 0 Å². The highest BCUT2D eigenvalue weighted by atomic mass is 16.5. The van der Waals surface area contributed by atoms with Crippen LogP contribution in [0.2, 0.25) is 0 Å². The summed E-state index contributed by atoms with van der Waals surface area (Å²) in [6, 6.07) is 3.94. The Hall–Kier alpha value is -1.38. The van der Waals surface area contributed by atoms with Crippen LogP contribution in [-0.4, -0.2) is 11.0 Å². The number of pyridine rings is 1. The molecule has 35 heavy (non-hydrogen) atoms. The number of esters is 1. The van der Waals surface area contributed by atoms with E-state index < -0.39 is 0 Å². The Kier molecular flexibility index (Phi) is 13.2. The minimum atomic E-state index is -0.0433. The van der Waals surface area contributed by atoms with Crippen LogP contribution in [0.3, 0.4) is 0 Å². The number of nitrogens with zero attached hydrogens (tertiary/aromatic N) is 1. The van der Waals surface area contributed by atoms with Crippen LogP contribution in [0.1, 0.15) is 142 Å². The van der Waals surface area contributed by atoms with Gasteiger partial charge in [-0.3, -0.25) is 9.78 Å². The molecule has 0 radical (unpaired) electrons. The Bertz CT molecular complexity index is 684. The zero-order valence-corrected chi connectivity index (χ0v) is 22.9. The minimum absolute atomic E-state index is 0.0433. The number of aryl methyl sites for hydroxylation is 1. The second kappa shape index (κ2) is 16.4. The number of ether oxygens (including phenoxy) is 1. The second-order valence-electron chi connectivity index (χ2n) is 11.7. The van der Waals surface area contributed by atoms with E-state index in [1.54, 1.807) is 6.20 Å². The molecule has 0 aliphatic heterocycles. The molecule has 2 aliphatic carbocycles. The Morgan fingerprint density at radius 3 is 1.89 bits per heavy atom. The third-order valence-corrected chi connectivity index (χ3v) is 8.90. The summed E-state index contributed by atoms with van der Waals surface area (Å²) in [5.41, 5.74) is 1.10. The molecule has 1 aromatic rings. The van der Waals surface area contributed by atoms with Crippen LogP contribution in [0.15, 0.2) is 18.3 Å². The van der Waals surface area contributed by atoms with E-state index in [9.17, 15) is 4.79 Å². The van der Waals surface area contributed by atoms with Crippen molar-refractivity contribution in [1.29, 1.82) is 0 Å². The molecule has 3 heteroatoms. The highest BCUT2D eigenvalue weighted by Gasteiger charge is 2.29. The molecule has 0 saturated heterocycles. The van der Waals surface area contributed by atoms with Crippen molar-refractivity contribution in [3.63, 3.8) is 0 Å². The normalized spacial score (nSPS) is 24.9. The first-order valence-electron chi connectivity index (χ1n) is 15.3. The Labute approximate surface area is 216 Å². The lowest BCUT2D eigenvalue weighted by Gasteiger charge is -2.31. The largest absolute Gasteiger partial charge is 0.425 e. The lowest BCUT2D eigenvalue weighted by atomic mass is 9.75. The number of carbonyl (C=O) groups is 1. The molecule has 1 heterocycles. The lowest BCUT2D eigenvalue weighted by molar-refractivity contribution is -0.140. The van der Waals surface area contributed by atoms with Gasteiger partial charge >= 0.3 is 5.97 Å². The van der Waals surface area contributed by atoms with Gasteiger partial charge in [0.05, 0.1) is 12.1 Å². The molecule has 2 saturated carbocycles. The summed E-state index contributed by atoms with van der Waals surface area (Å²) in [4.78, 5) is 17.2. The van der Waals surface area contributed by atoms with Gasteiger partial charge in [0.25, 0.3) is 0 Å². The van der Waals surface area contributed by atoms with Crippen LogP contribution in [0, 0.1) is 23.7 Å². The number of rotatable bonds is 15. The first-order valence-corrected chi connectivity index (χ1v) is 15.3. The third kappa shape index (κ3) is 10.6. The van der Waals surface area contributed by atoms with Crippen molar-refractivity contribution in [2.24, 2.45) is 23.7 Å². The van der Waals surface area contributed by atoms with E-state index in [-0.39, 0.29) is 11.9 Å². The fraction of sp³-hybridized carbons (Fsp3) is 0.812. The predicted octanol–water partition coefficient (Wildman–Crippen LogP) is 9.47. The van der Waals surface area contributed by atoms with Crippen LogP contribution in [-0.2, 0) is 11.2 Å². The molecule has 0 bridgehead atoms. The van der Waals surface area contributed by atoms with Gasteiger partial charge in [0.2, 0.25) is 0 Å². The van der Waals surface area contributed by atoms with Gasteiger partial charge in [0.1, 0.15) is 5.75 Å². The molecule has 0 N–H and O–H groups in total. The number of hydrogen-bond acceptors (Lipinski definition) is 3. The van der Waals surface area contributed by atoms with Crippen molar-refractivity contribution >= 4 is 5.97 Å². The maximum absolute atomic E-state index is 12.7. The van der Waals surface area contributed by atoms with Crippen molar-refractivity contribution in [2.45, 2.75) is 142 Å². The SMILES string of the molecule is CCCCCCc1ccc(OC(=O)C2CCC(CCC3CCC(CCCCCC)CC3)CC2)cn1. The van der Waals surface area contributed by atoms with Crippen LogP contribution < -0.4 is 4.74 Å². The lowest BCUT2D eigenvalue weighted by Crippen LogP contribution is -2.26. The molecule has 0 aromatic carbocycles. The zero-order valence-electron chi connectivity index (χ0n) is 22.9. The topological polar surface area (TPSA) is 39.2 Å². The highest BCUT2D eigenvalue weighted by molar-refractivity contribution is 5.75. The minimum Gasteiger partial charge on any atom is -0.425 e. The molecular formula is C32H53NO2. The Morgan fingerprint density at radius 2 is 1.31 bits per heavy atom. The fourth-order valence-corrected chi connectivity index (χ4v) is 6.38. The van der Waals surface area contributed by atoms with Crippen LogP contribution in [0.4, 0.5) is 0 Å². The molecule has 0 spiro atoms. The first kappa shape index (κ1) is 28.2. The highest BCUT2D eigenvalue weighted by Crippen LogP contribution is 2.38. The van der Waals surface area contributed by atoms with E-state index in [1.165, 1.54) is 109 Å². The predicted molar refractivity (Wildman–Crippen MR) is 147 cm³/mol. The molecule has 2 fully saturated rings. The summed E-state index contributed by atoms with van der Waals surface area (Å²) in [6.45, 7) is 4.53. The zero-order chi connectivity index (χ0) is 24.7. The van der Waals surface area contributed by atoms with E-state index in [0.717, 1.165) is 42.7 Å². The van der Waals surface area contributed by atoms with Gasteiger partial charge in [-0.1, -0.05) is 104 Å². The molecule has 1 aromatic heterocycles. The van der Waals surface area contributed by atoms with Gasteiger partial charge in [-0.05, 0) is 68.4 Å². The molecule has 0 amide bonds. The van der Waals surface area contributed by atoms with Gasteiger partial charge in [-0.25, -0.2) is 0 Å². The van der Waals surface area contributed by atoms with Crippen molar-refractivity contribution in [3.8, 4) is 5.75 Å². The average molecular weight is 484 g/mol. The second-order valence-corrected chi connectivity index (χ2v) is 11.7. The molecule has 3 rings (SSSR count). The maximum atomic E-state index is 12.7. The summed E-state index contributed by atoms with van der Waals surface area (Å²) < 4.78 is 5.69. The average Bonchev–Trinajstić information content (AvgIpc) is 2.90. The van der Waals surface area contributed by atoms with Gasteiger partial charge in [-0.2, -0.15) is 0 Å². The summed E-state index contributed by atoms with van der Waals surface area (Å²) in [5.74, 6) is 3.43. The molecule has 0 unspecified atom stereocenters. The van der Waals surface area contributed by atoms with Gasteiger partial charge < -0.3 is 4.74 Å². The number of carbonyl (C=O) groups excluding carboxylic acids is 1. The summed E-state index contributed by atoms with van der Waals surface area (Å²) in [7, 11) is 0. The molecule has 0 atom stereocenters. The number of unbranched alkanes of at least 4 members (excludes halogenated alkanes) is 6. The Morgan fingerprint density at radius 1 is 0.743 bits per heavy atom. The molecule has 3 nitrogen and oxygen atoms in total. The maximum Gasteiger partial charge on any atom is 0.314 e. The number of hydrogen-bond donors (Lipinski definition) is 0. The van der Waals surface area contributed by atoms with E-state index in [1.807, 2.05) is 12.1 Å². The molecular weight excluding hydrogens is 430 g/mol. The first-order chi connectivity index (χ1) is 17.2. The van der Waals surface area contributed by atoms with Crippen molar-refractivity contribution in [1.82, 2.24) is 4.98 Å². The molecule has 198 valence electrons. The van der Waals surface area contributed by atoms with Gasteiger partial charge in [0.15, 0.2) is 0 Å². The van der Waals surface area contributed by atoms with Crippen LogP contribution in [0.25, 0.3) is 0 Å². The third-order valence-electron chi connectivity index (χ3n) is 8.90. The van der Waals surface area contributed by atoms with Crippen LogP contribution >= 0.6 is 0 Å². The molecule has 2 aliphatic rings. The summed E-state index contributed by atoms with van der Waals surface area (Å²) >= 11 is 0. The van der Waals surface area contributed by atoms with E-state index >= 15 is 0 Å². The quantitative estimate of drug-likeness (QED) is 0.184. The number of aromatic nitrogens is 1. The fourth-order valence-electron chi connectivity index (χ4n) is 6.38. The summed E-state index contributed by atoms with van der Waals surface area (Å²) in [6.07, 6.45) is 27.9. The summed E-state index contributed by atoms with van der Waals surface area (Å²) in [5, 5.41) is 0. The van der Waals surface area contributed by atoms with Crippen molar-refractivity contribution < 1.29 is 9.53 Å². The van der Waals surface area contributed by atoms with E-state index in [4.69, 9.17) is 4.74 Å². The van der Waals surface area contributed by atoms with Crippen LogP contribution in [0.5, 0.6) is 5.75 Å². The van der Waals surface area contributed by atoms with Crippen molar-refractivity contribution in [3.05, 3.63) is 24.0 Å². The van der Waals surface area contributed by atoms with Gasteiger partial charge in [0, 0.05) is 5.69 Å². The smallest absolute Gasteiger partial charge is 0.314 e. The van der Waals surface area contributed by atoms with Gasteiger partial charge in [-0.15, -0.1) is 0 Å². The van der Waals surface area contributed by atoms with E-state index in [0.29, 0.717) is 5.75 Å². The van der Waals surface area contributed by atoms with E-state index in [2.05, 4.69) is 18.8 Å².